The van der Waals surface area contributed by atoms with Gasteiger partial charge in [-0.15, -0.1) is 0 Å². The molecule has 2 aromatic carbocycles. The maximum Gasteiger partial charge on any atom is 0.234 e. The van der Waals surface area contributed by atoms with Crippen molar-refractivity contribution < 1.29 is 9.59 Å². The maximum atomic E-state index is 12.7. The molecule has 107 valence electrons. The highest BCUT2D eigenvalue weighted by molar-refractivity contribution is 6.13. The Morgan fingerprint density at radius 3 is 2.33 bits per heavy atom. The zero-order chi connectivity index (χ0) is 15.6. The summed E-state index contributed by atoms with van der Waals surface area (Å²) >= 11 is 0. The standard InChI is InChI=1S/C19H19O2/c1-13-6-5-7-14(10-13)18(21)17-11-16(19(2,3)4)9-8-15(17)12-20/h5-11H,1-4H3. The Morgan fingerprint density at radius 2 is 1.76 bits per heavy atom. The highest BCUT2D eigenvalue weighted by atomic mass is 16.1. The van der Waals surface area contributed by atoms with Crippen molar-refractivity contribution in [3.8, 4) is 0 Å². The molecule has 0 N–H and O–H groups in total. The van der Waals surface area contributed by atoms with E-state index in [1.807, 2.05) is 43.5 Å². The van der Waals surface area contributed by atoms with Crippen molar-refractivity contribution in [1.29, 1.82) is 0 Å². The van der Waals surface area contributed by atoms with E-state index in [0.29, 0.717) is 16.7 Å². The Morgan fingerprint density at radius 1 is 1.05 bits per heavy atom. The van der Waals surface area contributed by atoms with Crippen LogP contribution in [0.1, 0.15) is 53.4 Å². The summed E-state index contributed by atoms with van der Waals surface area (Å²) in [6.45, 7) is 8.17. The van der Waals surface area contributed by atoms with Gasteiger partial charge in [0.2, 0.25) is 6.29 Å². The van der Waals surface area contributed by atoms with Crippen molar-refractivity contribution >= 4 is 12.1 Å². The third kappa shape index (κ3) is 3.27. The summed E-state index contributed by atoms with van der Waals surface area (Å²) in [5.74, 6) is -0.136. The molecule has 2 rings (SSSR count). The smallest absolute Gasteiger partial charge is 0.234 e. The number of hydrogen-bond donors (Lipinski definition) is 0. The molecule has 0 spiro atoms. The van der Waals surface area contributed by atoms with E-state index in [1.165, 1.54) is 0 Å². The molecule has 1 radical (unpaired) electrons. The first kappa shape index (κ1) is 15.2. The number of benzene rings is 2. The lowest BCUT2D eigenvalue weighted by Gasteiger charge is -2.20. The van der Waals surface area contributed by atoms with Gasteiger partial charge in [-0.25, -0.2) is 0 Å². The van der Waals surface area contributed by atoms with Crippen LogP contribution in [0.4, 0.5) is 0 Å². The van der Waals surface area contributed by atoms with Gasteiger partial charge in [0.15, 0.2) is 5.78 Å². The first-order valence-electron chi connectivity index (χ1n) is 6.97. The molecule has 2 aromatic rings. The number of hydrogen-bond acceptors (Lipinski definition) is 2. The lowest BCUT2D eigenvalue weighted by molar-refractivity contribution is 0.103. The van der Waals surface area contributed by atoms with Crippen LogP contribution in [-0.4, -0.2) is 12.1 Å². The van der Waals surface area contributed by atoms with E-state index in [4.69, 9.17) is 0 Å². The van der Waals surface area contributed by atoms with Gasteiger partial charge in [-0.1, -0.05) is 50.6 Å². The molecule has 0 fully saturated rings. The molecule has 0 unspecified atom stereocenters. The number of rotatable bonds is 3. The van der Waals surface area contributed by atoms with E-state index in [2.05, 4.69) is 20.8 Å². The molecule has 0 atom stereocenters. The summed E-state index contributed by atoms with van der Waals surface area (Å²) in [5, 5.41) is 0. The number of ketones is 1. The van der Waals surface area contributed by atoms with Crippen LogP contribution < -0.4 is 0 Å². The molecular formula is C19H19O2. The fourth-order valence-electron chi connectivity index (χ4n) is 2.23. The van der Waals surface area contributed by atoms with Crippen molar-refractivity contribution in [2.75, 3.05) is 0 Å². The average Bonchev–Trinajstić information content (AvgIpc) is 2.44. The highest BCUT2D eigenvalue weighted by Crippen LogP contribution is 2.25. The lowest BCUT2D eigenvalue weighted by Crippen LogP contribution is -2.14. The Bertz CT molecular complexity index is 691. The van der Waals surface area contributed by atoms with Gasteiger partial charge in [0.05, 0.1) is 0 Å². The third-order valence-corrected chi connectivity index (χ3v) is 3.52. The molecule has 2 heteroatoms. The van der Waals surface area contributed by atoms with Gasteiger partial charge in [-0.2, -0.15) is 0 Å². The summed E-state index contributed by atoms with van der Waals surface area (Å²) in [7, 11) is 0. The van der Waals surface area contributed by atoms with Crippen LogP contribution in [0.3, 0.4) is 0 Å². The van der Waals surface area contributed by atoms with E-state index in [0.717, 1.165) is 11.1 Å². The first-order chi connectivity index (χ1) is 9.82. The molecular weight excluding hydrogens is 260 g/mol. The predicted octanol–water partition coefficient (Wildman–Crippen LogP) is 3.98. The summed E-state index contributed by atoms with van der Waals surface area (Å²) in [6, 6.07) is 12.8. The quantitative estimate of drug-likeness (QED) is 0.796. The molecule has 0 bridgehead atoms. The number of aryl methyl sites for hydroxylation is 1. The van der Waals surface area contributed by atoms with Crippen LogP contribution in [0.25, 0.3) is 0 Å². The normalized spacial score (nSPS) is 11.2. The molecule has 21 heavy (non-hydrogen) atoms. The second-order valence-electron chi connectivity index (χ2n) is 6.31. The zero-order valence-corrected chi connectivity index (χ0v) is 12.9. The first-order valence-corrected chi connectivity index (χ1v) is 6.97. The highest BCUT2D eigenvalue weighted by Gasteiger charge is 2.19. The van der Waals surface area contributed by atoms with Crippen LogP contribution in [0.2, 0.25) is 0 Å². The Labute approximate surface area is 125 Å². The molecule has 0 aliphatic rings. The summed E-state index contributed by atoms with van der Waals surface area (Å²) < 4.78 is 0. The fraction of sp³-hybridized carbons (Fsp3) is 0.263. The van der Waals surface area contributed by atoms with Crippen LogP contribution >= 0.6 is 0 Å². The van der Waals surface area contributed by atoms with Crippen LogP contribution in [0.15, 0.2) is 42.5 Å². The average molecular weight is 279 g/mol. The van der Waals surface area contributed by atoms with Gasteiger partial charge in [0.1, 0.15) is 0 Å². The van der Waals surface area contributed by atoms with Gasteiger partial charge < -0.3 is 0 Å². The van der Waals surface area contributed by atoms with Crippen LogP contribution in [0, 0.1) is 6.92 Å². The SMILES string of the molecule is Cc1cccc(C(=O)c2cc(C(C)(C)C)ccc2[C]=O)c1. The van der Waals surface area contributed by atoms with E-state index < -0.39 is 0 Å². The molecule has 0 aliphatic heterocycles. The van der Waals surface area contributed by atoms with Crippen molar-refractivity contribution in [1.82, 2.24) is 0 Å². The van der Waals surface area contributed by atoms with Crippen molar-refractivity contribution in [3.63, 3.8) is 0 Å². The summed E-state index contributed by atoms with van der Waals surface area (Å²) in [5.41, 5.74) is 3.29. The minimum Gasteiger partial charge on any atom is -0.289 e. The molecule has 0 aliphatic carbocycles. The largest absolute Gasteiger partial charge is 0.289 e. The van der Waals surface area contributed by atoms with Crippen molar-refractivity contribution in [2.24, 2.45) is 0 Å². The Hall–Kier alpha value is -2.22. The summed E-state index contributed by atoms with van der Waals surface area (Å²) in [6.07, 6.45) is 1.87. The van der Waals surface area contributed by atoms with E-state index in [9.17, 15) is 9.59 Å². The number of carbonyl (C=O) groups is 1. The van der Waals surface area contributed by atoms with Gasteiger partial charge in [-0.3, -0.25) is 9.59 Å². The topological polar surface area (TPSA) is 34.1 Å². The third-order valence-electron chi connectivity index (χ3n) is 3.52. The van der Waals surface area contributed by atoms with Gasteiger partial charge in [0.25, 0.3) is 0 Å². The monoisotopic (exact) mass is 279 g/mol. The van der Waals surface area contributed by atoms with Crippen molar-refractivity contribution in [3.05, 3.63) is 70.3 Å². The van der Waals surface area contributed by atoms with E-state index in [-0.39, 0.29) is 11.2 Å². The van der Waals surface area contributed by atoms with Crippen LogP contribution in [0.5, 0.6) is 0 Å². The van der Waals surface area contributed by atoms with Gasteiger partial charge in [0, 0.05) is 16.7 Å². The van der Waals surface area contributed by atoms with E-state index >= 15 is 0 Å². The molecule has 0 saturated heterocycles. The Balaban J connectivity index is 2.56. The fourth-order valence-corrected chi connectivity index (χ4v) is 2.23. The number of carbonyl (C=O) groups excluding carboxylic acids is 2. The van der Waals surface area contributed by atoms with Crippen molar-refractivity contribution in [2.45, 2.75) is 33.1 Å². The second-order valence-corrected chi connectivity index (χ2v) is 6.31. The van der Waals surface area contributed by atoms with Gasteiger partial charge in [-0.05, 0) is 36.1 Å². The second kappa shape index (κ2) is 5.65. The minimum atomic E-state index is -0.136. The maximum absolute atomic E-state index is 12.7. The minimum absolute atomic E-state index is 0.0803. The lowest BCUT2D eigenvalue weighted by atomic mass is 9.84. The zero-order valence-electron chi connectivity index (χ0n) is 12.9. The molecule has 2 nitrogen and oxygen atoms in total. The molecule has 0 amide bonds. The summed E-state index contributed by atoms with van der Waals surface area (Å²) in [4.78, 5) is 23.8. The molecule has 0 saturated carbocycles. The Kier molecular flexibility index (Phi) is 4.08. The molecule has 0 heterocycles. The predicted molar refractivity (Wildman–Crippen MR) is 84.5 cm³/mol. The molecule has 0 aromatic heterocycles. The van der Waals surface area contributed by atoms with E-state index in [1.54, 1.807) is 12.1 Å². The van der Waals surface area contributed by atoms with Gasteiger partial charge >= 0.3 is 0 Å². The van der Waals surface area contributed by atoms with Crippen LogP contribution in [-0.2, 0) is 10.2 Å².